The Balaban J connectivity index is 1.63. The summed E-state index contributed by atoms with van der Waals surface area (Å²) in [5.41, 5.74) is 16.2. The van der Waals surface area contributed by atoms with Crippen LogP contribution in [0.3, 0.4) is 0 Å². The van der Waals surface area contributed by atoms with Crippen molar-refractivity contribution in [1.82, 2.24) is 20.7 Å². The second-order valence-electron chi connectivity index (χ2n) is 7.56. The number of carbonyl (C=O) groups excluding carboxylic acids is 1. The summed E-state index contributed by atoms with van der Waals surface area (Å²) >= 11 is 0. The largest absolute Gasteiger partial charge is 0.364 e. The number of hydrazine groups is 1. The van der Waals surface area contributed by atoms with Crippen LogP contribution < -0.4 is 27.5 Å². The van der Waals surface area contributed by atoms with Crippen molar-refractivity contribution in [2.45, 2.75) is 37.8 Å². The molecule has 2 aliphatic rings. The molecule has 1 aliphatic carbocycles. The van der Waals surface area contributed by atoms with Gasteiger partial charge in [0, 0.05) is 24.5 Å². The number of rotatable bonds is 4. The number of guanidine groups is 1. The second-order valence-corrected chi connectivity index (χ2v) is 7.56. The van der Waals surface area contributed by atoms with Crippen LogP contribution in [0, 0.1) is 5.82 Å². The third-order valence-electron chi connectivity index (χ3n) is 5.31. The molecule has 158 valence electrons. The van der Waals surface area contributed by atoms with Crippen molar-refractivity contribution in [1.29, 1.82) is 0 Å². The van der Waals surface area contributed by atoms with E-state index >= 15 is 0 Å². The highest BCUT2D eigenvalue weighted by molar-refractivity contribution is 5.96. The molecule has 1 aromatic carbocycles. The minimum absolute atomic E-state index is 0.00293. The van der Waals surface area contributed by atoms with Gasteiger partial charge in [-0.25, -0.2) is 9.38 Å². The van der Waals surface area contributed by atoms with Crippen LogP contribution in [0.5, 0.6) is 0 Å². The highest BCUT2D eigenvalue weighted by Crippen LogP contribution is 2.22. The topological polar surface area (TPSA) is 134 Å². The standard InChI is InChI=1S/C20H25FN8O/c1-29-17(18(23)30)19(27-20(28-29)26-15-5-3-2-4-14(15)22)25-13-8-11-6-7-12(21)9-16(11)24-10-13/h6-10,14-15,25H,2-5,22H2,1H3,(H2,23,30)(H2,26,27,28)/t14-,15+/m0/s1. The van der Waals surface area contributed by atoms with Crippen LogP contribution >= 0.6 is 0 Å². The van der Waals surface area contributed by atoms with E-state index in [9.17, 15) is 9.18 Å². The third-order valence-corrected chi connectivity index (χ3v) is 5.31. The van der Waals surface area contributed by atoms with Crippen LogP contribution in [-0.2, 0) is 4.79 Å². The second kappa shape index (κ2) is 8.15. The quantitative estimate of drug-likeness (QED) is 0.508. The summed E-state index contributed by atoms with van der Waals surface area (Å²) in [6.45, 7) is 0. The Kier molecular flexibility index (Phi) is 5.40. The van der Waals surface area contributed by atoms with E-state index in [0.29, 0.717) is 23.0 Å². The summed E-state index contributed by atoms with van der Waals surface area (Å²) in [7, 11) is 1.68. The first kappa shape index (κ1) is 19.9. The Hall–Kier alpha value is -3.40. The molecule has 1 amide bonds. The van der Waals surface area contributed by atoms with Gasteiger partial charge in [-0.05, 0) is 31.0 Å². The van der Waals surface area contributed by atoms with Crippen LogP contribution in [0.4, 0.5) is 10.1 Å². The summed E-state index contributed by atoms with van der Waals surface area (Å²) < 4.78 is 13.4. The third kappa shape index (κ3) is 4.13. The van der Waals surface area contributed by atoms with Crippen LogP contribution in [0.15, 0.2) is 47.0 Å². The lowest BCUT2D eigenvalue weighted by molar-refractivity contribution is -0.116. The van der Waals surface area contributed by atoms with E-state index in [1.165, 1.54) is 17.1 Å². The average Bonchev–Trinajstić information content (AvgIpc) is 2.69. The molecule has 10 heteroatoms. The van der Waals surface area contributed by atoms with Crippen molar-refractivity contribution >= 4 is 28.5 Å². The number of nitrogens with one attached hydrogen (secondary N) is 3. The van der Waals surface area contributed by atoms with Crippen LogP contribution in [0.2, 0.25) is 0 Å². The molecular weight excluding hydrogens is 387 g/mol. The van der Waals surface area contributed by atoms with Crippen LogP contribution in [0.1, 0.15) is 25.7 Å². The van der Waals surface area contributed by atoms with E-state index in [4.69, 9.17) is 16.5 Å². The van der Waals surface area contributed by atoms with Crippen LogP contribution in [0.25, 0.3) is 10.9 Å². The number of aromatic nitrogens is 1. The Morgan fingerprint density at radius 1 is 1.33 bits per heavy atom. The number of amides is 1. The molecule has 9 nitrogen and oxygen atoms in total. The number of nitrogens with two attached hydrogens (primary N) is 2. The number of likely N-dealkylation sites (N-methyl/N-ethyl adjacent to an activating group) is 1. The summed E-state index contributed by atoms with van der Waals surface area (Å²) in [5, 5.41) is 8.52. The molecule has 4 rings (SSSR count). The van der Waals surface area contributed by atoms with Gasteiger partial charge in [-0.2, -0.15) is 0 Å². The molecule has 1 fully saturated rings. The highest BCUT2D eigenvalue weighted by Gasteiger charge is 2.27. The number of halogens is 1. The summed E-state index contributed by atoms with van der Waals surface area (Å²) in [5.74, 6) is -0.125. The number of hydrogen-bond acceptors (Lipinski definition) is 6. The highest BCUT2D eigenvalue weighted by atomic mass is 19.1. The maximum Gasteiger partial charge on any atom is 0.270 e. The fourth-order valence-corrected chi connectivity index (χ4v) is 3.80. The molecule has 1 saturated carbocycles. The number of carbonyl (C=O) groups is 1. The first-order valence-electron chi connectivity index (χ1n) is 9.88. The van der Waals surface area contributed by atoms with E-state index in [-0.39, 0.29) is 23.6 Å². The molecule has 7 N–H and O–H groups in total. The summed E-state index contributed by atoms with van der Waals surface area (Å²) in [6.07, 6.45) is 5.61. The Morgan fingerprint density at radius 2 is 2.13 bits per heavy atom. The van der Waals surface area contributed by atoms with E-state index in [1.807, 2.05) is 6.07 Å². The maximum atomic E-state index is 13.4. The molecule has 30 heavy (non-hydrogen) atoms. The fraction of sp³-hybridized carbons (Fsp3) is 0.350. The Morgan fingerprint density at radius 3 is 2.90 bits per heavy atom. The van der Waals surface area contributed by atoms with Gasteiger partial charge >= 0.3 is 0 Å². The molecular formula is C20H25FN8O. The van der Waals surface area contributed by atoms with Crippen molar-refractivity contribution in [3.63, 3.8) is 0 Å². The van der Waals surface area contributed by atoms with Gasteiger partial charge in [0.15, 0.2) is 5.70 Å². The van der Waals surface area contributed by atoms with Crippen molar-refractivity contribution < 1.29 is 9.18 Å². The molecule has 1 aromatic heterocycles. The number of primary amides is 1. The predicted molar refractivity (Wildman–Crippen MR) is 113 cm³/mol. The fourth-order valence-electron chi connectivity index (χ4n) is 3.80. The van der Waals surface area contributed by atoms with Gasteiger partial charge in [-0.15, -0.1) is 0 Å². The van der Waals surface area contributed by atoms with Gasteiger partial charge in [-0.3, -0.25) is 20.2 Å². The monoisotopic (exact) mass is 412 g/mol. The SMILES string of the molecule is CN1NC(=N[C@@H]2CCCC[C@@H]2N)NC(Nc2cnc3cc(F)ccc3c2)=C1C(N)=O. The van der Waals surface area contributed by atoms with Crippen molar-refractivity contribution in [2.24, 2.45) is 16.5 Å². The van der Waals surface area contributed by atoms with E-state index in [0.717, 1.165) is 31.1 Å². The van der Waals surface area contributed by atoms with Gasteiger partial charge < -0.3 is 22.1 Å². The van der Waals surface area contributed by atoms with Crippen molar-refractivity contribution in [3.8, 4) is 0 Å². The van der Waals surface area contributed by atoms with E-state index < -0.39 is 5.91 Å². The van der Waals surface area contributed by atoms with Gasteiger partial charge in [0.05, 0.1) is 23.4 Å². The van der Waals surface area contributed by atoms with Crippen molar-refractivity contribution in [3.05, 3.63) is 47.8 Å². The first-order valence-corrected chi connectivity index (χ1v) is 9.88. The minimum Gasteiger partial charge on any atom is -0.364 e. The lowest BCUT2D eigenvalue weighted by Crippen LogP contribution is -2.56. The summed E-state index contributed by atoms with van der Waals surface area (Å²) in [4.78, 5) is 21.0. The number of fused-ring (bicyclic) bond motifs is 1. The molecule has 0 spiro atoms. The zero-order chi connectivity index (χ0) is 21.3. The lowest BCUT2D eigenvalue weighted by atomic mass is 9.91. The molecule has 2 aromatic rings. The van der Waals surface area contributed by atoms with Gasteiger partial charge in [0.25, 0.3) is 5.91 Å². The molecule has 0 bridgehead atoms. The van der Waals surface area contributed by atoms with E-state index in [1.54, 1.807) is 19.3 Å². The molecule has 2 atom stereocenters. The number of anilines is 1. The number of nitrogens with zero attached hydrogens (tertiary/aromatic N) is 3. The lowest BCUT2D eigenvalue weighted by Gasteiger charge is -2.34. The molecule has 0 saturated heterocycles. The number of benzene rings is 1. The van der Waals surface area contributed by atoms with Crippen LogP contribution in [-0.4, -0.2) is 41.0 Å². The normalized spacial score (nSPS) is 23.3. The Bertz CT molecular complexity index is 1040. The number of pyridine rings is 1. The molecule has 0 unspecified atom stereocenters. The maximum absolute atomic E-state index is 13.4. The minimum atomic E-state index is -0.621. The Labute approximate surface area is 173 Å². The zero-order valence-electron chi connectivity index (χ0n) is 16.7. The smallest absolute Gasteiger partial charge is 0.270 e. The van der Waals surface area contributed by atoms with Gasteiger partial charge in [-0.1, -0.05) is 12.8 Å². The number of aliphatic imine (C=N–C) groups is 1. The van der Waals surface area contributed by atoms with Gasteiger partial charge in [0.2, 0.25) is 5.96 Å². The number of hydrogen-bond donors (Lipinski definition) is 5. The average molecular weight is 412 g/mol. The van der Waals surface area contributed by atoms with Crippen molar-refractivity contribution in [2.75, 3.05) is 12.4 Å². The van der Waals surface area contributed by atoms with Gasteiger partial charge in [0.1, 0.15) is 11.6 Å². The molecule has 2 heterocycles. The molecule has 0 radical (unpaired) electrons. The van der Waals surface area contributed by atoms with E-state index in [2.05, 4.69) is 21.0 Å². The zero-order valence-corrected chi connectivity index (χ0v) is 16.7. The summed E-state index contributed by atoms with van der Waals surface area (Å²) in [6, 6.07) is 6.19. The predicted octanol–water partition coefficient (Wildman–Crippen LogP) is 1.11. The first-order chi connectivity index (χ1) is 14.4. The molecule has 1 aliphatic heterocycles.